The van der Waals surface area contributed by atoms with Crippen LogP contribution in [0, 0.1) is 5.82 Å². The van der Waals surface area contributed by atoms with Gasteiger partial charge >= 0.3 is 12.2 Å². The fourth-order valence-electron chi connectivity index (χ4n) is 3.02. The van der Waals surface area contributed by atoms with Gasteiger partial charge < -0.3 is 21.5 Å². The van der Waals surface area contributed by atoms with E-state index in [9.17, 15) is 27.5 Å². The summed E-state index contributed by atoms with van der Waals surface area (Å²) in [6.45, 7) is 0. The number of halogens is 4. The standard InChI is InChI=1S/C20H13F4N5O2S/c21-13-4-1-9(20(22,23)24)5-14(13)29-19(31)28-10-2-3-11(15(30)6-10)12-7-32-18-16(12)17(25)26-8-27-18/h1-8,30H,(H2,25,26,27)(H2,28,29,31). The lowest BCUT2D eigenvalue weighted by Crippen LogP contribution is -2.20. The molecular formula is C20H13F4N5O2S. The van der Waals surface area contributed by atoms with Crippen molar-refractivity contribution >= 4 is 44.8 Å². The van der Waals surface area contributed by atoms with Crippen molar-refractivity contribution in [2.45, 2.75) is 6.18 Å². The van der Waals surface area contributed by atoms with Gasteiger partial charge in [-0.3, -0.25) is 0 Å². The number of carbonyl (C=O) groups excluding carboxylic acids is 1. The number of nitrogen functional groups attached to an aromatic ring is 1. The number of aromatic nitrogens is 2. The van der Waals surface area contributed by atoms with Crippen molar-refractivity contribution in [2.24, 2.45) is 0 Å². The molecule has 4 rings (SSSR count). The van der Waals surface area contributed by atoms with Crippen molar-refractivity contribution in [3.05, 3.63) is 59.5 Å². The minimum absolute atomic E-state index is 0.125. The summed E-state index contributed by atoms with van der Waals surface area (Å²) >= 11 is 1.31. The van der Waals surface area contributed by atoms with Crippen LogP contribution in [0.15, 0.2) is 48.1 Å². The first-order chi connectivity index (χ1) is 15.1. The Kier molecular flexibility index (Phi) is 5.30. The van der Waals surface area contributed by atoms with Crippen LogP contribution >= 0.6 is 11.3 Å². The van der Waals surface area contributed by atoms with E-state index < -0.39 is 29.3 Å². The Bertz CT molecular complexity index is 1340. The highest BCUT2D eigenvalue weighted by molar-refractivity contribution is 7.17. The summed E-state index contributed by atoms with van der Waals surface area (Å²) in [5.41, 5.74) is 5.30. The Morgan fingerprint density at radius 2 is 1.84 bits per heavy atom. The van der Waals surface area contributed by atoms with Gasteiger partial charge in [-0.15, -0.1) is 11.3 Å². The van der Waals surface area contributed by atoms with Crippen LogP contribution < -0.4 is 16.4 Å². The number of phenols is 1. The molecule has 4 aromatic rings. The summed E-state index contributed by atoms with van der Waals surface area (Å²) < 4.78 is 52.3. The lowest BCUT2D eigenvalue weighted by Gasteiger charge is -2.12. The van der Waals surface area contributed by atoms with Gasteiger partial charge in [0.2, 0.25) is 0 Å². The van der Waals surface area contributed by atoms with Crippen LogP contribution in [0.4, 0.5) is 39.5 Å². The number of urea groups is 1. The van der Waals surface area contributed by atoms with Crippen LogP contribution in [0.1, 0.15) is 5.56 Å². The van der Waals surface area contributed by atoms with Crippen molar-refractivity contribution in [3.63, 3.8) is 0 Å². The van der Waals surface area contributed by atoms with Crippen LogP contribution in [0.5, 0.6) is 5.75 Å². The minimum atomic E-state index is -4.69. The van der Waals surface area contributed by atoms with E-state index in [1.54, 1.807) is 5.38 Å². The second-order valence-corrected chi connectivity index (χ2v) is 7.45. The number of hydrogen-bond acceptors (Lipinski definition) is 6. The highest BCUT2D eigenvalue weighted by Crippen LogP contribution is 2.40. The van der Waals surface area contributed by atoms with E-state index in [0.717, 1.165) is 0 Å². The van der Waals surface area contributed by atoms with E-state index in [0.29, 0.717) is 39.5 Å². The highest BCUT2D eigenvalue weighted by atomic mass is 32.1. The van der Waals surface area contributed by atoms with E-state index in [4.69, 9.17) is 5.73 Å². The summed E-state index contributed by atoms with van der Waals surface area (Å²) in [6.07, 6.45) is -3.36. The largest absolute Gasteiger partial charge is 0.507 e. The average Bonchev–Trinajstić information content (AvgIpc) is 3.14. The van der Waals surface area contributed by atoms with E-state index in [1.807, 2.05) is 5.32 Å². The Labute approximate surface area is 181 Å². The smallest absolute Gasteiger partial charge is 0.416 e. The molecule has 2 amide bonds. The zero-order valence-electron chi connectivity index (χ0n) is 15.9. The predicted molar refractivity (Wildman–Crippen MR) is 113 cm³/mol. The van der Waals surface area contributed by atoms with Crippen LogP contribution in [-0.4, -0.2) is 21.1 Å². The number of nitrogens with zero attached hydrogens (tertiary/aromatic N) is 2. The number of anilines is 3. The second kappa shape index (κ2) is 7.96. The number of nitrogens with two attached hydrogens (primary N) is 1. The third-order valence-electron chi connectivity index (χ3n) is 4.49. The number of amides is 2. The van der Waals surface area contributed by atoms with Gasteiger partial charge in [-0.25, -0.2) is 19.2 Å². The molecule has 0 radical (unpaired) electrons. The molecule has 0 aliphatic carbocycles. The summed E-state index contributed by atoms with van der Waals surface area (Å²) in [5.74, 6) is -0.984. The number of nitrogens with one attached hydrogen (secondary N) is 2. The molecule has 32 heavy (non-hydrogen) atoms. The maximum Gasteiger partial charge on any atom is 0.416 e. The molecule has 0 saturated heterocycles. The maximum absolute atomic E-state index is 13.8. The summed E-state index contributed by atoms with van der Waals surface area (Å²) in [7, 11) is 0. The van der Waals surface area contributed by atoms with Crippen molar-refractivity contribution in [3.8, 4) is 16.9 Å². The Morgan fingerprint density at radius 3 is 2.56 bits per heavy atom. The first-order valence-electron chi connectivity index (χ1n) is 8.89. The molecule has 0 spiro atoms. The molecule has 0 saturated carbocycles. The molecule has 0 unspecified atom stereocenters. The van der Waals surface area contributed by atoms with Gasteiger partial charge in [-0.2, -0.15) is 13.2 Å². The zero-order valence-corrected chi connectivity index (χ0v) is 16.7. The molecule has 12 heteroatoms. The molecule has 0 bridgehead atoms. The summed E-state index contributed by atoms with van der Waals surface area (Å²) in [5, 5.41) is 17.1. The third kappa shape index (κ3) is 4.12. The van der Waals surface area contributed by atoms with Gasteiger partial charge in [0.25, 0.3) is 0 Å². The number of carbonyl (C=O) groups is 1. The van der Waals surface area contributed by atoms with Crippen LogP contribution in [-0.2, 0) is 6.18 Å². The monoisotopic (exact) mass is 463 g/mol. The molecule has 164 valence electrons. The molecule has 7 nitrogen and oxygen atoms in total. The Morgan fingerprint density at radius 1 is 1.06 bits per heavy atom. The number of alkyl halides is 3. The Hall–Kier alpha value is -3.93. The zero-order chi connectivity index (χ0) is 23.0. The average molecular weight is 463 g/mol. The lowest BCUT2D eigenvalue weighted by atomic mass is 10.0. The maximum atomic E-state index is 13.8. The van der Waals surface area contributed by atoms with Gasteiger partial charge in [0.05, 0.1) is 16.6 Å². The molecular weight excluding hydrogens is 450 g/mol. The first-order valence-corrected chi connectivity index (χ1v) is 9.77. The van der Waals surface area contributed by atoms with Gasteiger partial charge in [0.15, 0.2) is 0 Å². The number of benzene rings is 2. The third-order valence-corrected chi connectivity index (χ3v) is 5.37. The molecule has 2 aromatic heterocycles. The van der Waals surface area contributed by atoms with E-state index in [-0.39, 0.29) is 17.3 Å². The number of hydrogen-bond donors (Lipinski definition) is 4. The molecule has 5 N–H and O–H groups in total. The van der Waals surface area contributed by atoms with Gasteiger partial charge in [-0.05, 0) is 30.3 Å². The fourth-order valence-corrected chi connectivity index (χ4v) is 3.93. The van der Waals surface area contributed by atoms with Crippen molar-refractivity contribution < 1.29 is 27.5 Å². The predicted octanol–water partition coefficient (Wildman–Crippen LogP) is 5.45. The van der Waals surface area contributed by atoms with Gasteiger partial charge in [0.1, 0.15) is 28.5 Å². The van der Waals surface area contributed by atoms with Crippen LogP contribution in [0.2, 0.25) is 0 Å². The quantitative estimate of drug-likeness (QED) is 0.302. The van der Waals surface area contributed by atoms with E-state index in [2.05, 4.69) is 15.3 Å². The van der Waals surface area contributed by atoms with Crippen molar-refractivity contribution in [1.29, 1.82) is 0 Å². The molecule has 2 aromatic carbocycles. The lowest BCUT2D eigenvalue weighted by molar-refractivity contribution is -0.137. The molecule has 0 aliphatic heterocycles. The molecule has 0 fully saturated rings. The minimum Gasteiger partial charge on any atom is -0.507 e. The SMILES string of the molecule is Nc1ncnc2scc(-c3ccc(NC(=O)Nc4cc(C(F)(F)F)ccc4F)cc3O)c12. The van der Waals surface area contributed by atoms with E-state index in [1.165, 1.54) is 35.9 Å². The van der Waals surface area contributed by atoms with Gasteiger partial charge in [0, 0.05) is 28.3 Å². The summed E-state index contributed by atoms with van der Waals surface area (Å²) in [4.78, 5) is 20.9. The number of fused-ring (bicyclic) bond motifs is 1. The number of phenolic OH excluding ortho intramolecular Hbond substituents is 1. The topological polar surface area (TPSA) is 113 Å². The van der Waals surface area contributed by atoms with Crippen molar-refractivity contribution in [1.82, 2.24) is 9.97 Å². The highest BCUT2D eigenvalue weighted by Gasteiger charge is 2.31. The van der Waals surface area contributed by atoms with Crippen molar-refractivity contribution in [2.75, 3.05) is 16.4 Å². The Balaban J connectivity index is 1.55. The number of aromatic hydroxyl groups is 1. The van der Waals surface area contributed by atoms with E-state index >= 15 is 0 Å². The number of rotatable bonds is 3. The van der Waals surface area contributed by atoms with Gasteiger partial charge in [-0.1, -0.05) is 0 Å². The second-order valence-electron chi connectivity index (χ2n) is 6.59. The van der Waals surface area contributed by atoms with Crippen LogP contribution in [0.25, 0.3) is 21.3 Å². The van der Waals surface area contributed by atoms with Crippen LogP contribution in [0.3, 0.4) is 0 Å². The fraction of sp³-hybridized carbons (Fsp3) is 0.0500. The first kappa shape index (κ1) is 21.3. The number of thiophene rings is 1. The molecule has 2 heterocycles. The summed E-state index contributed by atoms with van der Waals surface area (Å²) in [6, 6.07) is 4.89. The molecule has 0 aliphatic rings. The molecule has 0 atom stereocenters. The normalized spacial score (nSPS) is 11.5.